The number of anilines is 2. The number of nitriles is 1. The summed E-state index contributed by atoms with van der Waals surface area (Å²) in [4.78, 5) is 11.9. The number of halogens is 1. The van der Waals surface area contributed by atoms with E-state index < -0.39 is 18.8 Å². The molecule has 1 aromatic heterocycles. The number of nitrogens with two attached hydrogens (primary N) is 1. The van der Waals surface area contributed by atoms with Gasteiger partial charge in [-0.25, -0.2) is 4.39 Å². The van der Waals surface area contributed by atoms with Crippen molar-refractivity contribution in [1.82, 2.24) is 9.78 Å². The first kappa shape index (κ1) is 18.4. The molecule has 3 heterocycles. The Bertz CT molecular complexity index is 975. The summed E-state index contributed by atoms with van der Waals surface area (Å²) < 4.78 is 26.2. The molecule has 1 aromatic carbocycles. The van der Waals surface area contributed by atoms with Gasteiger partial charge in [-0.2, -0.15) is 10.4 Å². The molecule has 0 spiro atoms. The maximum absolute atomic E-state index is 14.3. The Labute approximate surface area is 160 Å². The Kier molecular flexibility index (Phi) is 4.76. The van der Waals surface area contributed by atoms with Crippen LogP contribution in [-0.4, -0.2) is 41.0 Å². The molecule has 2 aliphatic rings. The average molecular weight is 385 g/mol. The molecular weight excluding hydrogens is 368 g/mol. The van der Waals surface area contributed by atoms with Gasteiger partial charge in [0.15, 0.2) is 5.82 Å². The van der Waals surface area contributed by atoms with E-state index in [9.17, 15) is 19.5 Å². The summed E-state index contributed by atoms with van der Waals surface area (Å²) in [5.41, 5.74) is 6.44. The number of hydrogen-bond donors (Lipinski definition) is 3. The number of fused-ring (bicyclic) bond motifs is 1. The van der Waals surface area contributed by atoms with Crippen molar-refractivity contribution in [3.05, 3.63) is 35.3 Å². The Balaban J connectivity index is 1.68. The second-order valence-corrected chi connectivity index (χ2v) is 6.72. The van der Waals surface area contributed by atoms with Gasteiger partial charge in [0.05, 0.1) is 31.2 Å². The summed E-state index contributed by atoms with van der Waals surface area (Å²) in [7, 11) is -1.21. The number of benzene rings is 1. The minimum Gasteiger partial charge on any atom is -0.423 e. The van der Waals surface area contributed by atoms with E-state index in [1.807, 2.05) is 0 Å². The standard InChI is InChI=1S/C17H17BFN5O4/c19-14-4-10(3-13-12(14)7-28-18(13)26)22-17-11(16(21)25)6-24(23-17)15-8-27-2-1-9(15)5-20/h3-4,6,9,15,26H,1-2,7-8H2,(H2,21,25)(H,22,23)/t9-,15?/m1/s1. The van der Waals surface area contributed by atoms with Gasteiger partial charge in [-0.3, -0.25) is 9.48 Å². The number of nitrogens with zero attached hydrogens (tertiary/aromatic N) is 3. The van der Waals surface area contributed by atoms with E-state index in [1.165, 1.54) is 23.0 Å². The molecule has 0 aliphatic carbocycles. The molecule has 4 rings (SSSR count). The van der Waals surface area contributed by atoms with Gasteiger partial charge in [0, 0.05) is 24.1 Å². The normalized spacial score (nSPS) is 21.2. The highest BCUT2D eigenvalue weighted by Crippen LogP contribution is 2.29. The summed E-state index contributed by atoms with van der Waals surface area (Å²) in [5.74, 6) is -1.44. The first-order valence-electron chi connectivity index (χ1n) is 8.73. The lowest BCUT2D eigenvalue weighted by molar-refractivity contribution is 0.0342. The van der Waals surface area contributed by atoms with Crippen LogP contribution in [0.1, 0.15) is 28.4 Å². The largest absolute Gasteiger partial charge is 0.491 e. The maximum atomic E-state index is 14.3. The number of carbonyl (C=O) groups is 1. The number of aromatic nitrogens is 2. The van der Waals surface area contributed by atoms with E-state index in [2.05, 4.69) is 16.5 Å². The monoisotopic (exact) mass is 385 g/mol. The van der Waals surface area contributed by atoms with Gasteiger partial charge >= 0.3 is 7.12 Å². The third-order valence-electron chi connectivity index (χ3n) is 4.97. The zero-order valence-corrected chi connectivity index (χ0v) is 14.8. The lowest BCUT2D eigenvalue weighted by Crippen LogP contribution is -2.29. The number of primary amides is 1. The van der Waals surface area contributed by atoms with Crippen molar-refractivity contribution < 1.29 is 23.6 Å². The van der Waals surface area contributed by atoms with Gasteiger partial charge in [0.2, 0.25) is 0 Å². The average Bonchev–Trinajstić information content (AvgIpc) is 3.26. The highest BCUT2D eigenvalue weighted by molar-refractivity contribution is 6.61. The van der Waals surface area contributed by atoms with Crippen LogP contribution in [-0.2, 0) is 16.0 Å². The molecule has 1 saturated heterocycles. The molecule has 1 unspecified atom stereocenters. The number of amides is 1. The molecule has 0 radical (unpaired) electrons. The molecule has 4 N–H and O–H groups in total. The minimum atomic E-state index is -1.21. The zero-order chi connectivity index (χ0) is 19.8. The smallest absolute Gasteiger partial charge is 0.423 e. The number of carbonyl (C=O) groups excluding carboxylic acids is 1. The summed E-state index contributed by atoms with van der Waals surface area (Å²) in [5, 5.41) is 26.4. The third-order valence-corrected chi connectivity index (χ3v) is 4.97. The molecule has 0 saturated carbocycles. The van der Waals surface area contributed by atoms with Crippen LogP contribution in [0.4, 0.5) is 15.9 Å². The zero-order valence-electron chi connectivity index (χ0n) is 14.8. The number of nitrogens with one attached hydrogen (secondary N) is 1. The minimum absolute atomic E-state index is 0.0129. The van der Waals surface area contributed by atoms with E-state index >= 15 is 0 Å². The summed E-state index contributed by atoms with van der Waals surface area (Å²) in [6, 6.07) is 4.63. The predicted octanol–water partition coefficient (Wildman–Crippen LogP) is 0.184. The first-order valence-corrected chi connectivity index (χ1v) is 8.73. The molecule has 2 aromatic rings. The number of rotatable bonds is 4. The van der Waals surface area contributed by atoms with Crippen molar-refractivity contribution in [2.75, 3.05) is 18.5 Å². The van der Waals surface area contributed by atoms with Crippen LogP contribution in [0.3, 0.4) is 0 Å². The molecular formula is C17H17BFN5O4. The lowest BCUT2D eigenvalue weighted by atomic mass is 9.79. The fourth-order valence-corrected chi connectivity index (χ4v) is 3.46. The Morgan fingerprint density at radius 3 is 3.11 bits per heavy atom. The Morgan fingerprint density at radius 1 is 1.54 bits per heavy atom. The second-order valence-electron chi connectivity index (χ2n) is 6.72. The van der Waals surface area contributed by atoms with Crippen molar-refractivity contribution >= 4 is 30.0 Å². The van der Waals surface area contributed by atoms with Crippen LogP contribution < -0.4 is 16.5 Å². The maximum Gasteiger partial charge on any atom is 0.491 e. The first-order chi connectivity index (χ1) is 13.5. The molecule has 0 bridgehead atoms. The van der Waals surface area contributed by atoms with Gasteiger partial charge in [-0.05, 0) is 24.0 Å². The molecule has 2 atom stereocenters. The highest BCUT2D eigenvalue weighted by Gasteiger charge is 2.32. The van der Waals surface area contributed by atoms with Crippen LogP contribution in [0.25, 0.3) is 0 Å². The lowest BCUT2D eigenvalue weighted by Gasteiger charge is -2.26. The van der Waals surface area contributed by atoms with Gasteiger partial charge in [0.1, 0.15) is 11.4 Å². The quantitative estimate of drug-likeness (QED) is 0.639. The van der Waals surface area contributed by atoms with E-state index in [-0.39, 0.29) is 47.8 Å². The molecule has 11 heteroatoms. The number of ether oxygens (including phenoxy) is 1. The molecule has 1 fully saturated rings. The topological polar surface area (TPSA) is 135 Å². The van der Waals surface area contributed by atoms with Crippen LogP contribution in [0, 0.1) is 23.1 Å². The summed E-state index contributed by atoms with van der Waals surface area (Å²) in [6.07, 6.45) is 2.01. The van der Waals surface area contributed by atoms with Gasteiger partial charge in [-0.15, -0.1) is 0 Å². The predicted molar refractivity (Wildman–Crippen MR) is 96.4 cm³/mol. The van der Waals surface area contributed by atoms with Gasteiger partial charge < -0.3 is 25.5 Å². The summed E-state index contributed by atoms with van der Waals surface area (Å²) in [6.45, 7) is 0.762. The second kappa shape index (κ2) is 7.24. The van der Waals surface area contributed by atoms with Crippen molar-refractivity contribution in [1.29, 1.82) is 5.26 Å². The van der Waals surface area contributed by atoms with E-state index in [0.717, 1.165) is 0 Å². The van der Waals surface area contributed by atoms with Crippen LogP contribution >= 0.6 is 0 Å². The Hall–Kier alpha value is -2.94. The van der Waals surface area contributed by atoms with Crippen LogP contribution in [0.2, 0.25) is 0 Å². The van der Waals surface area contributed by atoms with Crippen molar-refractivity contribution in [3.8, 4) is 6.07 Å². The third kappa shape index (κ3) is 3.22. The van der Waals surface area contributed by atoms with Crippen molar-refractivity contribution in [3.63, 3.8) is 0 Å². The van der Waals surface area contributed by atoms with Gasteiger partial charge in [0.25, 0.3) is 5.91 Å². The summed E-state index contributed by atoms with van der Waals surface area (Å²) >= 11 is 0. The molecule has 9 nitrogen and oxygen atoms in total. The van der Waals surface area contributed by atoms with Crippen molar-refractivity contribution in [2.45, 2.75) is 19.1 Å². The molecule has 1 amide bonds. The van der Waals surface area contributed by atoms with Crippen molar-refractivity contribution in [2.24, 2.45) is 11.7 Å². The van der Waals surface area contributed by atoms with Gasteiger partial charge in [-0.1, -0.05) is 0 Å². The molecule has 144 valence electrons. The molecule has 2 aliphatic heterocycles. The Morgan fingerprint density at radius 2 is 2.36 bits per heavy atom. The van der Waals surface area contributed by atoms with E-state index in [1.54, 1.807) is 0 Å². The fourth-order valence-electron chi connectivity index (χ4n) is 3.46. The van der Waals surface area contributed by atoms with E-state index in [4.69, 9.17) is 15.1 Å². The number of hydrogen-bond acceptors (Lipinski definition) is 7. The van der Waals surface area contributed by atoms with Crippen LogP contribution in [0.15, 0.2) is 18.3 Å². The SMILES string of the molecule is N#C[C@H]1CCOCC1n1cc(C(N)=O)c(Nc2cc(F)c3c(c2)B(O)OC3)n1. The molecule has 28 heavy (non-hydrogen) atoms. The fraction of sp³-hybridized carbons (Fsp3) is 0.353. The van der Waals surface area contributed by atoms with E-state index in [0.29, 0.717) is 18.5 Å². The van der Waals surface area contributed by atoms with Crippen LogP contribution in [0.5, 0.6) is 0 Å². The highest BCUT2D eigenvalue weighted by atomic mass is 19.1.